The van der Waals surface area contributed by atoms with Crippen LogP contribution in [-0.4, -0.2) is 16.1 Å². The molecule has 2 nitrogen and oxygen atoms in total. The molecule has 64 valence electrons. The summed E-state index contributed by atoms with van der Waals surface area (Å²) in [6.45, 7) is 0. The molecule has 0 aliphatic rings. The molecule has 12 heavy (non-hydrogen) atoms. The van der Waals surface area contributed by atoms with E-state index >= 15 is 0 Å². The van der Waals surface area contributed by atoms with Gasteiger partial charge in [0.05, 0.1) is 17.1 Å². The van der Waals surface area contributed by atoms with E-state index in [0.29, 0.717) is 6.20 Å². The van der Waals surface area contributed by atoms with Crippen LogP contribution in [0, 0.1) is 11.8 Å². The van der Waals surface area contributed by atoms with E-state index in [1.807, 2.05) is 0 Å². The number of nitrogens with zero attached hydrogens (tertiary/aromatic N) is 1. The molecule has 0 aromatic carbocycles. The maximum Gasteiger partial charge on any atom is 0.213 e. The number of pyridine rings is 1. The predicted octanol–water partition coefficient (Wildman–Crippen LogP) is 1.94. The lowest BCUT2D eigenvalue weighted by molar-refractivity contribution is 0.101. The highest BCUT2D eigenvalue weighted by Gasteiger charge is 2.11. The number of carbonyl (C=O) groups excluding carboxylic acids is 1. The molecule has 0 aliphatic carbocycles. The lowest BCUT2D eigenvalue weighted by atomic mass is 10.2. The van der Waals surface area contributed by atoms with Gasteiger partial charge in [-0.3, -0.25) is 4.79 Å². The van der Waals surface area contributed by atoms with Crippen molar-refractivity contribution in [2.24, 2.45) is 0 Å². The Morgan fingerprint density at radius 1 is 1.58 bits per heavy atom. The van der Waals surface area contributed by atoms with Crippen molar-refractivity contribution in [1.82, 2.24) is 4.98 Å². The summed E-state index contributed by atoms with van der Waals surface area (Å²) in [6.07, 6.45) is 0.686. The van der Waals surface area contributed by atoms with E-state index in [2.05, 4.69) is 20.9 Å². The summed E-state index contributed by atoms with van der Waals surface area (Å²) >= 11 is 2.85. The van der Waals surface area contributed by atoms with Gasteiger partial charge in [0.2, 0.25) is 5.95 Å². The summed E-state index contributed by atoms with van der Waals surface area (Å²) in [5.74, 6) is -2.17. The Morgan fingerprint density at radius 3 is 2.83 bits per heavy atom. The first-order chi connectivity index (χ1) is 5.65. The zero-order chi connectivity index (χ0) is 9.14. The molecule has 0 unspecified atom stereocenters. The van der Waals surface area contributed by atoms with E-state index in [1.165, 1.54) is 0 Å². The number of halogens is 3. The smallest absolute Gasteiger partial charge is 0.213 e. The molecule has 1 rings (SSSR count). The zero-order valence-corrected chi connectivity index (χ0v) is 7.44. The maximum absolute atomic E-state index is 12.7. The molecule has 0 bridgehead atoms. The summed E-state index contributed by atoms with van der Waals surface area (Å²) in [4.78, 5) is 14.0. The molecule has 0 saturated carbocycles. The lowest BCUT2D eigenvalue weighted by Gasteiger charge is -1.97. The topological polar surface area (TPSA) is 30.0 Å². The second kappa shape index (κ2) is 3.71. The third kappa shape index (κ3) is 1.85. The first-order valence-electron chi connectivity index (χ1n) is 3.05. The van der Waals surface area contributed by atoms with E-state index in [1.54, 1.807) is 0 Å². The van der Waals surface area contributed by atoms with Crippen molar-refractivity contribution in [2.45, 2.75) is 0 Å². The Kier molecular flexibility index (Phi) is 2.86. The van der Waals surface area contributed by atoms with Crippen LogP contribution in [0.2, 0.25) is 0 Å². The molecule has 0 aliphatic heterocycles. The van der Waals surface area contributed by atoms with Gasteiger partial charge in [0.15, 0.2) is 11.6 Å². The normalized spacial score (nSPS) is 9.92. The maximum atomic E-state index is 12.7. The fourth-order valence-electron chi connectivity index (χ4n) is 0.699. The van der Waals surface area contributed by atoms with Crippen LogP contribution in [0.5, 0.6) is 0 Å². The fourth-order valence-corrected chi connectivity index (χ4v) is 1.00. The Balaban J connectivity index is 3.13. The molecule has 0 spiro atoms. The van der Waals surface area contributed by atoms with Gasteiger partial charge in [-0.2, -0.15) is 4.39 Å². The van der Waals surface area contributed by atoms with E-state index in [9.17, 15) is 13.6 Å². The van der Waals surface area contributed by atoms with Crippen molar-refractivity contribution < 1.29 is 13.6 Å². The summed E-state index contributed by atoms with van der Waals surface area (Å²) < 4.78 is 25.1. The second-order valence-electron chi connectivity index (χ2n) is 2.04. The Bertz CT molecular complexity index is 316. The summed E-state index contributed by atoms with van der Waals surface area (Å²) in [7, 11) is 0. The van der Waals surface area contributed by atoms with Crippen LogP contribution in [0.25, 0.3) is 0 Å². The Hall–Kier alpha value is -0.840. The SMILES string of the molecule is O=C(CBr)c1cc(F)ncc1F. The van der Waals surface area contributed by atoms with E-state index in [0.717, 1.165) is 6.07 Å². The molecule has 0 N–H and O–H groups in total. The van der Waals surface area contributed by atoms with Gasteiger partial charge in [0.25, 0.3) is 0 Å². The molecular formula is C7H4BrF2NO. The second-order valence-corrected chi connectivity index (χ2v) is 2.60. The van der Waals surface area contributed by atoms with Gasteiger partial charge in [-0.1, -0.05) is 15.9 Å². The molecule has 1 aromatic heterocycles. The van der Waals surface area contributed by atoms with Gasteiger partial charge in [0, 0.05) is 6.07 Å². The Morgan fingerprint density at radius 2 is 2.25 bits per heavy atom. The van der Waals surface area contributed by atoms with Gasteiger partial charge in [-0.15, -0.1) is 0 Å². The van der Waals surface area contributed by atoms with Crippen LogP contribution in [-0.2, 0) is 0 Å². The first kappa shape index (κ1) is 9.25. The highest BCUT2D eigenvalue weighted by atomic mass is 79.9. The van der Waals surface area contributed by atoms with Gasteiger partial charge >= 0.3 is 0 Å². The van der Waals surface area contributed by atoms with Gasteiger partial charge in [0.1, 0.15) is 0 Å². The molecule has 1 aromatic rings. The molecule has 0 saturated heterocycles. The molecule has 1 heterocycles. The Labute approximate surface area is 75.7 Å². The van der Waals surface area contributed by atoms with Crippen LogP contribution < -0.4 is 0 Å². The first-order valence-corrected chi connectivity index (χ1v) is 4.17. The van der Waals surface area contributed by atoms with Gasteiger partial charge in [-0.05, 0) is 0 Å². The standard InChI is InChI=1S/C7H4BrF2NO/c8-2-6(12)4-1-7(10)11-3-5(4)9/h1,3H,2H2. The summed E-state index contributed by atoms with van der Waals surface area (Å²) in [6, 6.07) is 0.777. The minimum absolute atomic E-state index is 0.0344. The van der Waals surface area contributed by atoms with Gasteiger partial charge in [-0.25, -0.2) is 9.37 Å². The van der Waals surface area contributed by atoms with Crippen molar-refractivity contribution in [3.8, 4) is 0 Å². The molecule has 0 amide bonds. The molecule has 0 radical (unpaired) electrons. The quantitative estimate of drug-likeness (QED) is 0.446. The monoisotopic (exact) mass is 235 g/mol. The number of rotatable bonds is 2. The number of alkyl halides is 1. The molecular weight excluding hydrogens is 232 g/mol. The van der Waals surface area contributed by atoms with Crippen LogP contribution in [0.15, 0.2) is 12.3 Å². The number of aromatic nitrogens is 1. The van der Waals surface area contributed by atoms with E-state index in [-0.39, 0.29) is 10.9 Å². The third-order valence-electron chi connectivity index (χ3n) is 1.24. The number of ketones is 1. The number of Topliss-reactive ketones (excluding diaryl/α,β-unsaturated/α-hetero) is 1. The van der Waals surface area contributed by atoms with Crippen molar-refractivity contribution in [3.63, 3.8) is 0 Å². The van der Waals surface area contributed by atoms with Crippen LogP contribution in [0.3, 0.4) is 0 Å². The minimum atomic E-state index is -0.860. The third-order valence-corrected chi connectivity index (χ3v) is 1.75. The van der Waals surface area contributed by atoms with Crippen molar-refractivity contribution in [1.29, 1.82) is 0 Å². The van der Waals surface area contributed by atoms with E-state index < -0.39 is 17.5 Å². The minimum Gasteiger partial charge on any atom is -0.293 e. The zero-order valence-electron chi connectivity index (χ0n) is 5.85. The predicted molar refractivity (Wildman–Crippen MR) is 42.3 cm³/mol. The van der Waals surface area contributed by atoms with Crippen molar-refractivity contribution in [3.05, 3.63) is 29.6 Å². The molecule has 0 fully saturated rings. The molecule has 0 atom stereocenters. The summed E-state index contributed by atoms with van der Waals surface area (Å²) in [5, 5.41) is -0.0344. The number of carbonyl (C=O) groups is 1. The fraction of sp³-hybridized carbons (Fsp3) is 0.143. The van der Waals surface area contributed by atoms with Gasteiger partial charge < -0.3 is 0 Å². The average molecular weight is 236 g/mol. The number of hydrogen-bond donors (Lipinski definition) is 0. The van der Waals surface area contributed by atoms with Crippen molar-refractivity contribution >= 4 is 21.7 Å². The lowest BCUT2D eigenvalue weighted by Crippen LogP contribution is -2.04. The van der Waals surface area contributed by atoms with Crippen LogP contribution in [0.4, 0.5) is 8.78 Å². The highest BCUT2D eigenvalue weighted by molar-refractivity contribution is 9.09. The average Bonchev–Trinajstić information content (AvgIpc) is 2.08. The van der Waals surface area contributed by atoms with Crippen molar-refractivity contribution in [2.75, 3.05) is 5.33 Å². The van der Waals surface area contributed by atoms with E-state index in [4.69, 9.17) is 0 Å². The highest BCUT2D eigenvalue weighted by Crippen LogP contribution is 2.08. The van der Waals surface area contributed by atoms with Crippen LogP contribution >= 0.6 is 15.9 Å². The number of hydrogen-bond acceptors (Lipinski definition) is 2. The van der Waals surface area contributed by atoms with Crippen LogP contribution in [0.1, 0.15) is 10.4 Å². The summed E-state index contributed by atoms with van der Waals surface area (Å²) in [5.41, 5.74) is -0.278. The largest absolute Gasteiger partial charge is 0.293 e. The molecule has 5 heteroatoms.